The molecule has 2 rings (SSSR count). The summed E-state index contributed by atoms with van der Waals surface area (Å²) in [5, 5.41) is 10.7. The second-order valence-electron chi connectivity index (χ2n) is 4.62. The maximum absolute atomic E-state index is 13.3. The van der Waals surface area contributed by atoms with E-state index in [1.807, 2.05) is 0 Å². The van der Waals surface area contributed by atoms with Crippen molar-refractivity contribution in [1.82, 2.24) is 4.31 Å². The summed E-state index contributed by atoms with van der Waals surface area (Å²) in [6.45, 7) is 0.106. The van der Waals surface area contributed by atoms with E-state index in [1.165, 1.54) is 7.05 Å². The number of rotatable bonds is 5. The van der Waals surface area contributed by atoms with Gasteiger partial charge in [-0.1, -0.05) is 30.3 Å². The van der Waals surface area contributed by atoms with Crippen molar-refractivity contribution in [3.05, 3.63) is 70.0 Å². The molecule has 0 aliphatic rings. The molecule has 0 N–H and O–H groups in total. The fraction of sp³-hybridized carbons (Fsp3) is 0.143. The highest BCUT2D eigenvalue weighted by Gasteiger charge is 2.25. The van der Waals surface area contributed by atoms with Crippen molar-refractivity contribution in [2.45, 2.75) is 11.4 Å². The summed E-state index contributed by atoms with van der Waals surface area (Å²) in [7, 11) is -2.59. The molecule has 8 heteroatoms. The van der Waals surface area contributed by atoms with Crippen LogP contribution in [-0.2, 0) is 16.6 Å². The molecule has 0 heterocycles. The minimum Gasteiger partial charge on any atom is -0.258 e. The molecule has 0 saturated heterocycles. The fourth-order valence-corrected chi connectivity index (χ4v) is 3.08. The normalized spacial score (nSPS) is 11.6. The molecule has 0 bridgehead atoms. The monoisotopic (exact) mass is 324 g/mol. The molecular weight excluding hydrogens is 311 g/mol. The molecule has 22 heavy (non-hydrogen) atoms. The summed E-state index contributed by atoms with van der Waals surface area (Å²) in [5.41, 5.74) is -0.0978. The smallest absolute Gasteiger partial charge is 0.258 e. The highest BCUT2D eigenvalue weighted by atomic mass is 32.2. The van der Waals surface area contributed by atoms with Gasteiger partial charge in [0, 0.05) is 19.7 Å². The second-order valence-corrected chi connectivity index (χ2v) is 6.66. The molecule has 2 aromatic rings. The van der Waals surface area contributed by atoms with Crippen molar-refractivity contribution in [2.75, 3.05) is 7.05 Å². The van der Waals surface area contributed by atoms with Crippen LogP contribution in [0.5, 0.6) is 0 Å². The average molecular weight is 324 g/mol. The summed E-state index contributed by atoms with van der Waals surface area (Å²) in [6.07, 6.45) is 0. The third-order valence-electron chi connectivity index (χ3n) is 3.07. The van der Waals surface area contributed by atoms with Gasteiger partial charge in [-0.2, -0.15) is 8.70 Å². The molecule has 0 unspecified atom stereocenters. The van der Waals surface area contributed by atoms with E-state index in [2.05, 4.69) is 0 Å². The van der Waals surface area contributed by atoms with Gasteiger partial charge in [0.15, 0.2) is 0 Å². The van der Waals surface area contributed by atoms with Gasteiger partial charge in [-0.3, -0.25) is 10.1 Å². The number of hydrogen-bond donors (Lipinski definition) is 0. The van der Waals surface area contributed by atoms with Gasteiger partial charge in [-0.05, 0) is 17.7 Å². The molecule has 0 atom stereocenters. The third-order valence-corrected chi connectivity index (χ3v) is 4.87. The lowest BCUT2D eigenvalue weighted by Crippen LogP contribution is -2.26. The zero-order valence-electron chi connectivity index (χ0n) is 11.6. The number of benzene rings is 2. The van der Waals surface area contributed by atoms with Crippen LogP contribution >= 0.6 is 0 Å². The van der Waals surface area contributed by atoms with Crippen molar-refractivity contribution < 1.29 is 17.7 Å². The van der Waals surface area contributed by atoms with E-state index in [4.69, 9.17) is 0 Å². The van der Waals surface area contributed by atoms with Gasteiger partial charge in [-0.25, -0.2) is 8.42 Å². The Balaban J connectivity index is 2.34. The van der Waals surface area contributed by atoms with Crippen LogP contribution in [0.25, 0.3) is 0 Å². The summed E-state index contributed by atoms with van der Waals surface area (Å²) < 4.78 is 39.2. The lowest BCUT2D eigenvalue weighted by molar-refractivity contribution is -0.387. The minimum atomic E-state index is -3.95. The summed E-state index contributed by atoms with van der Waals surface area (Å²) in [4.78, 5) is 9.45. The van der Waals surface area contributed by atoms with Crippen molar-refractivity contribution in [3.8, 4) is 0 Å². The van der Waals surface area contributed by atoms with Gasteiger partial charge in [0.25, 0.3) is 0 Å². The number of nitrogens with zero attached hydrogens (tertiary/aromatic N) is 2. The van der Waals surface area contributed by atoms with Crippen LogP contribution in [0.4, 0.5) is 10.1 Å². The maximum Gasteiger partial charge on any atom is 0.306 e. The molecule has 0 spiro atoms. The first-order valence-corrected chi connectivity index (χ1v) is 7.70. The van der Waals surface area contributed by atoms with E-state index in [-0.39, 0.29) is 11.4 Å². The number of sulfonamides is 1. The van der Waals surface area contributed by atoms with Gasteiger partial charge in [-0.15, -0.1) is 0 Å². The van der Waals surface area contributed by atoms with E-state index in [0.29, 0.717) is 0 Å². The van der Waals surface area contributed by atoms with E-state index >= 15 is 0 Å². The zero-order valence-corrected chi connectivity index (χ0v) is 12.5. The number of halogens is 1. The van der Waals surface area contributed by atoms with Gasteiger partial charge >= 0.3 is 5.69 Å². The first kappa shape index (κ1) is 16.1. The predicted molar refractivity (Wildman–Crippen MR) is 78.1 cm³/mol. The van der Waals surface area contributed by atoms with Crippen molar-refractivity contribution >= 4 is 15.7 Å². The molecule has 6 nitrogen and oxygen atoms in total. The molecule has 0 radical (unpaired) electrons. The molecule has 2 aromatic carbocycles. The SMILES string of the molecule is CN(Cc1ccccc1)S(=O)(=O)c1ccc(F)c([N+](=O)[O-])c1. The summed E-state index contributed by atoms with van der Waals surface area (Å²) in [6, 6.07) is 11.4. The highest BCUT2D eigenvalue weighted by Crippen LogP contribution is 2.24. The Kier molecular flexibility index (Phi) is 4.53. The number of hydrogen-bond acceptors (Lipinski definition) is 4. The Morgan fingerprint density at radius 3 is 2.41 bits per heavy atom. The minimum absolute atomic E-state index is 0.106. The van der Waals surface area contributed by atoms with Gasteiger partial charge in [0.05, 0.1) is 9.82 Å². The Hall–Kier alpha value is -2.32. The molecule has 0 aromatic heterocycles. The molecule has 0 aliphatic carbocycles. The summed E-state index contributed by atoms with van der Waals surface area (Å²) in [5.74, 6) is -1.07. The number of nitro groups is 1. The van der Waals surface area contributed by atoms with Gasteiger partial charge in [0.1, 0.15) is 0 Å². The van der Waals surface area contributed by atoms with Crippen LogP contribution in [0.1, 0.15) is 5.56 Å². The largest absolute Gasteiger partial charge is 0.306 e. The van der Waals surface area contributed by atoms with Crippen LogP contribution in [0.15, 0.2) is 53.4 Å². The van der Waals surface area contributed by atoms with E-state index in [1.54, 1.807) is 30.3 Å². The molecule has 116 valence electrons. The lowest BCUT2D eigenvalue weighted by Gasteiger charge is -2.17. The average Bonchev–Trinajstić information content (AvgIpc) is 2.48. The van der Waals surface area contributed by atoms with E-state index in [9.17, 15) is 22.9 Å². The lowest BCUT2D eigenvalue weighted by atomic mass is 10.2. The van der Waals surface area contributed by atoms with Crippen LogP contribution in [0.3, 0.4) is 0 Å². The Morgan fingerprint density at radius 2 is 1.82 bits per heavy atom. The predicted octanol–water partition coefficient (Wildman–Crippen LogP) is 2.55. The Labute approximate surface area is 127 Å². The van der Waals surface area contributed by atoms with E-state index < -0.39 is 26.5 Å². The van der Waals surface area contributed by atoms with Crippen molar-refractivity contribution in [3.63, 3.8) is 0 Å². The first-order valence-electron chi connectivity index (χ1n) is 6.26. The van der Waals surface area contributed by atoms with Gasteiger partial charge < -0.3 is 0 Å². The van der Waals surface area contributed by atoms with Crippen molar-refractivity contribution in [2.24, 2.45) is 0 Å². The standard InChI is InChI=1S/C14H13FN2O4S/c1-16(10-11-5-3-2-4-6-11)22(20,21)12-7-8-13(15)14(9-12)17(18)19/h2-9H,10H2,1H3. The summed E-state index contributed by atoms with van der Waals surface area (Å²) >= 11 is 0. The quantitative estimate of drug-likeness (QED) is 0.625. The molecule has 0 saturated carbocycles. The Morgan fingerprint density at radius 1 is 1.18 bits per heavy atom. The third kappa shape index (κ3) is 3.29. The number of nitro benzene ring substituents is 1. The van der Waals surface area contributed by atoms with Crippen LogP contribution in [-0.4, -0.2) is 24.7 Å². The second kappa shape index (κ2) is 6.20. The van der Waals surface area contributed by atoms with Gasteiger partial charge in [0.2, 0.25) is 15.8 Å². The fourth-order valence-electron chi connectivity index (χ4n) is 1.90. The molecule has 0 fully saturated rings. The highest BCUT2D eigenvalue weighted by molar-refractivity contribution is 7.89. The van der Waals surface area contributed by atoms with Crippen LogP contribution in [0.2, 0.25) is 0 Å². The zero-order chi connectivity index (χ0) is 16.3. The topological polar surface area (TPSA) is 80.5 Å². The van der Waals surface area contributed by atoms with Crippen LogP contribution in [0, 0.1) is 15.9 Å². The molecular formula is C14H13FN2O4S. The molecule has 0 aliphatic heterocycles. The van der Waals surface area contributed by atoms with E-state index in [0.717, 1.165) is 28.1 Å². The van der Waals surface area contributed by atoms with Crippen molar-refractivity contribution in [1.29, 1.82) is 0 Å². The first-order chi connectivity index (χ1) is 10.3. The maximum atomic E-state index is 13.3. The molecule has 0 amide bonds. The Bertz CT molecular complexity index is 794. The van der Waals surface area contributed by atoms with Crippen LogP contribution < -0.4 is 0 Å².